The minimum Gasteiger partial charge on any atom is -0.445 e. The van der Waals surface area contributed by atoms with Crippen LogP contribution in [0.2, 0.25) is 5.02 Å². The minimum absolute atomic E-state index is 0.330. The highest BCUT2D eigenvalue weighted by atomic mass is 35.5. The third-order valence-corrected chi connectivity index (χ3v) is 4.51. The van der Waals surface area contributed by atoms with E-state index >= 15 is 0 Å². The fourth-order valence-electron chi connectivity index (χ4n) is 2.31. The van der Waals surface area contributed by atoms with Crippen molar-refractivity contribution in [3.05, 3.63) is 69.4 Å². The van der Waals surface area contributed by atoms with Gasteiger partial charge in [0.25, 0.3) is 0 Å². The predicted octanol–water partition coefficient (Wildman–Crippen LogP) is 4.15. The predicted molar refractivity (Wildman–Crippen MR) is 76.4 cm³/mol. The number of thiophene rings is 1. The van der Waals surface area contributed by atoms with Gasteiger partial charge < -0.3 is 4.74 Å². The second kappa shape index (κ2) is 4.51. The molecule has 1 atom stereocenters. The van der Waals surface area contributed by atoms with Crippen LogP contribution in [-0.2, 0) is 15.1 Å². The molecule has 1 unspecified atom stereocenters. The van der Waals surface area contributed by atoms with Gasteiger partial charge in [0, 0.05) is 22.6 Å². The number of esters is 1. The standard InChI is InChI=1S/C15H11ClO2S/c1-10-9-15(18-14(10)17,13-3-2-8-19-13)11-4-6-12(16)7-5-11/h2-8H,1,9H2. The molecule has 1 saturated heterocycles. The Kier molecular flexibility index (Phi) is 2.96. The van der Waals surface area contributed by atoms with Gasteiger partial charge in [0.15, 0.2) is 5.60 Å². The molecule has 1 aliphatic heterocycles. The number of hydrogen-bond donors (Lipinski definition) is 0. The van der Waals surface area contributed by atoms with Gasteiger partial charge in [-0.1, -0.05) is 36.4 Å². The number of cyclic esters (lactones) is 1. The maximum atomic E-state index is 11.8. The molecule has 0 spiro atoms. The van der Waals surface area contributed by atoms with Gasteiger partial charge in [-0.25, -0.2) is 4.79 Å². The third-order valence-electron chi connectivity index (χ3n) is 3.25. The van der Waals surface area contributed by atoms with Crippen LogP contribution in [0.25, 0.3) is 0 Å². The highest BCUT2D eigenvalue weighted by Crippen LogP contribution is 2.46. The molecule has 1 aromatic carbocycles. The molecule has 1 fully saturated rings. The summed E-state index contributed by atoms with van der Waals surface area (Å²) in [6.07, 6.45) is 0.480. The summed E-state index contributed by atoms with van der Waals surface area (Å²) in [6, 6.07) is 11.3. The first kappa shape index (κ1) is 12.5. The Morgan fingerprint density at radius 3 is 2.53 bits per heavy atom. The van der Waals surface area contributed by atoms with E-state index in [-0.39, 0.29) is 5.97 Å². The second-order valence-electron chi connectivity index (χ2n) is 4.48. The number of benzene rings is 1. The van der Waals surface area contributed by atoms with Crippen molar-refractivity contribution in [3.63, 3.8) is 0 Å². The summed E-state index contributed by atoms with van der Waals surface area (Å²) in [6.45, 7) is 3.79. The van der Waals surface area contributed by atoms with E-state index in [4.69, 9.17) is 16.3 Å². The number of rotatable bonds is 2. The molecule has 2 nitrogen and oxygen atoms in total. The van der Waals surface area contributed by atoms with Crippen LogP contribution in [0.3, 0.4) is 0 Å². The third kappa shape index (κ3) is 1.99. The SMILES string of the molecule is C=C1CC(c2ccc(Cl)cc2)(c2cccs2)OC1=O. The molecule has 2 heterocycles. The van der Waals surface area contributed by atoms with Crippen LogP contribution in [-0.4, -0.2) is 5.97 Å². The van der Waals surface area contributed by atoms with Crippen LogP contribution in [0.15, 0.2) is 53.9 Å². The Balaban J connectivity index is 2.15. The summed E-state index contributed by atoms with van der Waals surface area (Å²) < 4.78 is 5.66. The maximum absolute atomic E-state index is 11.8. The number of carbonyl (C=O) groups excluding carboxylic acids is 1. The van der Waals surface area contributed by atoms with E-state index < -0.39 is 5.60 Å². The number of ether oxygens (including phenoxy) is 1. The van der Waals surface area contributed by atoms with Gasteiger partial charge in [0.2, 0.25) is 0 Å². The first-order valence-corrected chi connectivity index (χ1v) is 7.09. The van der Waals surface area contributed by atoms with Gasteiger partial charge in [-0.3, -0.25) is 0 Å². The van der Waals surface area contributed by atoms with E-state index in [1.54, 1.807) is 23.5 Å². The van der Waals surface area contributed by atoms with Crippen LogP contribution < -0.4 is 0 Å². The van der Waals surface area contributed by atoms with Crippen molar-refractivity contribution in [1.82, 2.24) is 0 Å². The summed E-state index contributed by atoms with van der Waals surface area (Å²) in [5, 5.41) is 2.63. The summed E-state index contributed by atoms with van der Waals surface area (Å²) in [5.74, 6) is -0.330. The molecular weight excluding hydrogens is 280 g/mol. The fraction of sp³-hybridized carbons (Fsp3) is 0.133. The molecule has 1 aliphatic rings. The van der Waals surface area contributed by atoms with E-state index in [0.717, 1.165) is 10.4 Å². The molecule has 4 heteroatoms. The van der Waals surface area contributed by atoms with Crippen molar-refractivity contribution in [2.45, 2.75) is 12.0 Å². The monoisotopic (exact) mass is 290 g/mol. The molecule has 0 radical (unpaired) electrons. The van der Waals surface area contributed by atoms with E-state index in [9.17, 15) is 4.79 Å². The lowest BCUT2D eigenvalue weighted by Crippen LogP contribution is -2.25. The maximum Gasteiger partial charge on any atom is 0.334 e. The molecule has 0 saturated carbocycles. The molecule has 19 heavy (non-hydrogen) atoms. The Bertz CT molecular complexity index is 613. The normalized spacial score (nSPS) is 22.6. The second-order valence-corrected chi connectivity index (χ2v) is 5.87. The molecule has 96 valence electrons. The zero-order valence-electron chi connectivity index (χ0n) is 10.1. The van der Waals surface area contributed by atoms with Crippen LogP contribution in [0, 0.1) is 0 Å². The van der Waals surface area contributed by atoms with Crippen molar-refractivity contribution in [3.8, 4) is 0 Å². The van der Waals surface area contributed by atoms with Crippen LogP contribution >= 0.6 is 22.9 Å². The topological polar surface area (TPSA) is 26.3 Å². The lowest BCUT2D eigenvalue weighted by molar-refractivity contribution is -0.143. The Morgan fingerprint density at radius 2 is 2.00 bits per heavy atom. The van der Waals surface area contributed by atoms with Crippen molar-refractivity contribution in [2.24, 2.45) is 0 Å². The summed E-state index contributed by atoms with van der Waals surface area (Å²) in [7, 11) is 0. The van der Waals surface area contributed by atoms with Crippen molar-refractivity contribution in [2.75, 3.05) is 0 Å². The van der Waals surface area contributed by atoms with E-state index in [2.05, 4.69) is 6.58 Å². The highest BCUT2D eigenvalue weighted by molar-refractivity contribution is 7.10. The molecule has 2 aromatic rings. The van der Waals surface area contributed by atoms with E-state index in [1.165, 1.54) is 0 Å². The number of hydrogen-bond acceptors (Lipinski definition) is 3. The Morgan fingerprint density at radius 1 is 1.26 bits per heavy atom. The molecule has 0 bridgehead atoms. The molecule has 1 aromatic heterocycles. The van der Waals surface area contributed by atoms with Gasteiger partial charge >= 0.3 is 5.97 Å². The molecule has 3 rings (SSSR count). The molecule has 0 N–H and O–H groups in total. The molecule has 0 aliphatic carbocycles. The Labute approximate surface area is 120 Å². The summed E-state index contributed by atoms with van der Waals surface area (Å²) in [4.78, 5) is 12.8. The van der Waals surface area contributed by atoms with Crippen LogP contribution in [0.1, 0.15) is 16.9 Å². The molecule has 0 amide bonds. The van der Waals surface area contributed by atoms with Gasteiger partial charge in [-0.2, -0.15) is 0 Å². The largest absolute Gasteiger partial charge is 0.445 e. The van der Waals surface area contributed by atoms with Gasteiger partial charge in [-0.05, 0) is 23.6 Å². The lowest BCUT2D eigenvalue weighted by atomic mass is 9.88. The van der Waals surface area contributed by atoms with Gasteiger partial charge in [0.05, 0.1) is 4.88 Å². The number of halogens is 1. The summed E-state index contributed by atoms with van der Waals surface area (Å²) >= 11 is 7.49. The van der Waals surface area contributed by atoms with E-state index in [1.807, 2.05) is 29.6 Å². The fourth-order valence-corrected chi connectivity index (χ4v) is 3.32. The smallest absolute Gasteiger partial charge is 0.334 e. The average Bonchev–Trinajstić information content (AvgIpc) is 3.00. The zero-order valence-corrected chi connectivity index (χ0v) is 11.6. The van der Waals surface area contributed by atoms with Crippen molar-refractivity contribution < 1.29 is 9.53 Å². The zero-order chi connectivity index (χ0) is 13.5. The van der Waals surface area contributed by atoms with Crippen LogP contribution in [0.5, 0.6) is 0 Å². The summed E-state index contributed by atoms with van der Waals surface area (Å²) in [5.41, 5.74) is 0.683. The van der Waals surface area contributed by atoms with E-state index in [0.29, 0.717) is 17.0 Å². The highest BCUT2D eigenvalue weighted by Gasteiger charge is 2.46. The van der Waals surface area contributed by atoms with Crippen LogP contribution in [0.4, 0.5) is 0 Å². The average molecular weight is 291 g/mol. The molecular formula is C15H11ClO2S. The van der Waals surface area contributed by atoms with Crippen molar-refractivity contribution in [1.29, 1.82) is 0 Å². The van der Waals surface area contributed by atoms with Crippen molar-refractivity contribution >= 4 is 28.9 Å². The van der Waals surface area contributed by atoms with Gasteiger partial charge in [-0.15, -0.1) is 11.3 Å². The lowest BCUT2D eigenvalue weighted by Gasteiger charge is -2.26. The number of carbonyl (C=O) groups is 1. The quantitative estimate of drug-likeness (QED) is 0.613. The first-order chi connectivity index (χ1) is 9.12. The first-order valence-electron chi connectivity index (χ1n) is 5.83. The Hall–Kier alpha value is -1.58. The van der Waals surface area contributed by atoms with Gasteiger partial charge in [0.1, 0.15) is 0 Å². The minimum atomic E-state index is -0.743.